The van der Waals surface area contributed by atoms with Gasteiger partial charge in [-0.1, -0.05) is 6.92 Å². The quantitative estimate of drug-likeness (QED) is 0.799. The Bertz CT molecular complexity index is 387. The second-order valence-corrected chi connectivity index (χ2v) is 3.51. The number of carbonyl (C=O) groups is 1. The van der Waals surface area contributed by atoms with Gasteiger partial charge in [-0.25, -0.2) is 0 Å². The van der Waals surface area contributed by atoms with E-state index in [1.807, 2.05) is 0 Å². The molecule has 0 bridgehead atoms. The van der Waals surface area contributed by atoms with Crippen molar-refractivity contribution in [2.75, 3.05) is 0 Å². The number of hydrogen-bond acceptors (Lipinski definition) is 2. The van der Waals surface area contributed by atoms with Crippen molar-refractivity contribution in [1.29, 1.82) is 0 Å². The zero-order valence-electron chi connectivity index (χ0n) is 9.01. The smallest absolute Gasteiger partial charge is 0.299 e. The molecule has 1 atom stereocenters. The molecule has 5 heteroatoms. The van der Waals surface area contributed by atoms with Crippen LogP contribution in [0.5, 0.6) is 0 Å². The highest BCUT2D eigenvalue weighted by Crippen LogP contribution is 2.35. The van der Waals surface area contributed by atoms with Gasteiger partial charge in [0, 0.05) is 6.20 Å². The predicted octanol–water partition coefficient (Wildman–Crippen LogP) is 3.18. The number of pyridine rings is 1. The van der Waals surface area contributed by atoms with E-state index >= 15 is 0 Å². The highest BCUT2D eigenvalue weighted by molar-refractivity contribution is 5.83. The van der Waals surface area contributed by atoms with E-state index in [1.165, 1.54) is 19.2 Å². The first-order valence-corrected chi connectivity index (χ1v) is 4.90. The van der Waals surface area contributed by atoms with E-state index in [9.17, 15) is 18.0 Å². The number of carbonyl (C=O) groups excluding carboxylic acids is 1. The molecule has 1 heterocycles. The van der Waals surface area contributed by atoms with Gasteiger partial charge in [0.1, 0.15) is 5.78 Å². The first-order chi connectivity index (χ1) is 7.38. The van der Waals surface area contributed by atoms with Gasteiger partial charge in [0.05, 0.1) is 17.2 Å². The van der Waals surface area contributed by atoms with Crippen LogP contribution in [0.4, 0.5) is 13.2 Å². The maximum Gasteiger partial charge on any atom is 0.418 e. The van der Waals surface area contributed by atoms with Gasteiger partial charge in [-0.3, -0.25) is 9.78 Å². The lowest BCUT2D eigenvalue weighted by atomic mass is 9.94. The summed E-state index contributed by atoms with van der Waals surface area (Å²) in [5, 5.41) is 0. The van der Waals surface area contributed by atoms with Gasteiger partial charge < -0.3 is 0 Å². The summed E-state index contributed by atoms with van der Waals surface area (Å²) in [6.07, 6.45) is -2.88. The number of aromatic nitrogens is 1. The number of Topliss-reactive ketones (excluding diaryl/α,β-unsaturated/α-hetero) is 1. The SMILES string of the molecule is CCC(C(C)=O)c1ncccc1C(F)(F)F. The minimum atomic E-state index is -4.47. The predicted molar refractivity (Wildman–Crippen MR) is 53.0 cm³/mol. The molecule has 1 rings (SSSR count). The lowest BCUT2D eigenvalue weighted by Crippen LogP contribution is -2.17. The van der Waals surface area contributed by atoms with Crippen molar-refractivity contribution in [3.63, 3.8) is 0 Å². The second-order valence-electron chi connectivity index (χ2n) is 3.51. The van der Waals surface area contributed by atoms with Gasteiger partial charge in [0.15, 0.2) is 0 Å². The fourth-order valence-corrected chi connectivity index (χ4v) is 1.61. The molecule has 0 spiro atoms. The molecule has 1 aromatic heterocycles. The van der Waals surface area contributed by atoms with Crippen LogP contribution in [0.2, 0.25) is 0 Å². The van der Waals surface area contributed by atoms with Gasteiger partial charge in [-0.15, -0.1) is 0 Å². The van der Waals surface area contributed by atoms with Gasteiger partial charge in [0.2, 0.25) is 0 Å². The molecule has 0 N–H and O–H groups in total. The number of hydrogen-bond donors (Lipinski definition) is 0. The summed E-state index contributed by atoms with van der Waals surface area (Å²) in [5.74, 6) is -1.08. The van der Waals surface area contributed by atoms with Crippen LogP contribution in [-0.4, -0.2) is 10.8 Å². The van der Waals surface area contributed by atoms with E-state index < -0.39 is 17.7 Å². The molecular formula is C11H12F3NO. The lowest BCUT2D eigenvalue weighted by Gasteiger charge is -2.16. The molecule has 0 radical (unpaired) electrons. The molecule has 0 saturated carbocycles. The second kappa shape index (κ2) is 4.63. The third-order valence-corrected chi connectivity index (χ3v) is 2.37. The topological polar surface area (TPSA) is 30.0 Å². The first kappa shape index (κ1) is 12.7. The van der Waals surface area contributed by atoms with Crippen LogP contribution in [0.1, 0.15) is 37.4 Å². The number of ketones is 1. The summed E-state index contributed by atoms with van der Waals surface area (Å²) in [7, 11) is 0. The molecule has 0 fully saturated rings. The molecule has 0 aromatic carbocycles. The molecule has 1 aromatic rings. The van der Waals surface area contributed by atoms with E-state index in [2.05, 4.69) is 4.98 Å². The summed E-state index contributed by atoms with van der Waals surface area (Å²) in [5.41, 5.74) is -0.998. The Labute approximate surface area is 91.5 Å². The van der Waals surface area contributed by atoms with Crippen LogP contribution < -0.4 is 0 Å². The molecule has 0 aliphatic rings. The Morgan fingerprint density at radius 1 is 1.50 bits per heavy atom. The Morgan fingerprint density at radius 3 is 2.56 bits per heavy atom. The van der Waals surface area contributed by atoms with E-state index in [0.717, 1.165) is 6.07 Å². The van der Waals surface area contributed by atoms with Crippen LogP contribution in [0.15, 0.2) is 18.3 Å². The Morgan fingerprint density at radius 2 is 2.12 bits per heavy atom. The highest BCUT2D eigenvalue weighted by atomic mass is 19.4. The van der Waals surface area contributed by atoms with Crippen molar-refractivity contribution in [3.8, 4) is 0 Å². The van der Waals surface area contributed by atoms with Crippen molar-refractivity contribution >= 4 is 5.78 Å². The maximum atomic E-state index is 12.7. The average Bonchev–Trinajstić information content (AvgIpc) is 2.17. The molecule has 0 amide bonds. The Balaban J connectivity index is 3.27. The van der Waals surface area contributed by atoms with E-state index in [1.54, 1.807) is 6.92 Å². The van der Waals surface area contributed by atoms with Gasteiger partial charge in [-0.2, -0.15) is 13.2 Å². The zero-order valence-corrected chi connectivity index (χ0v) is 9.01. The number of alkyl halides is 3. The van der Waals surface area contributed by atoms with Crippen molar-refractivity contribution in [2.45, 2.75) is 32.4 Å². The van der Waals surface area contributed by atoms with Crippen molar-refractivity contribution in [1.82, 2.24) is 4.98 Å². The molecular weight excluding hydrogens is 219 g/mol. The summed E-state index contributed by atoms with van der Waals surface area (Å²) < 4.78 is 38.0. The van der Waals surface area contributed by atoms with Crippen LogP contribution in [0.25, 0.3) is 0 Å². The summed E-state index contributed by atoms with van der Waals surface area (Å²) >= 11 is 0. The van der Waals surface area contributed by atoms with Crippen LogP contribution >= 0.6 is 0 Å². The largest absolute Gasteiger partial charge is 0.418 e. The van der Waals surface area contributed by atoms with Gasteiger partial charge in [0.25, 0.3) is 0 Å². The lowest BCUT2D eigenvalue weighted by molar-refractivity contribution is -0.138. The van der Waals surface area contributed by atoms with Gasteiger partial charge in [-0.05, 0) is 25.5 Å². The Hall–Kier alpha value is -1.39. The third kappa shape index (κ3) is 2.59. The fraction of sp³-hybridized carbons (Fsp3) is 0.455. The summed E-state index contributed by atoms with van der Waals surface area (Å²) in [4.78, 5) is 14.9. The van der Waals surface area contributed by atoms with E-state index in [-0.39, 0.29) is 11.5 Å². The third-order valence-electron chi connectivity index (χ3n) is 2.37. The standard InChI is InChI=1S/C11H12F3NO/c1-3-8(7(2)16)10-9(11(12,13)14)5-4-6-15-10/h4-6,8H,3H2,1-2H3. The van der Waals surface area contributed by atoms with Crippen molar-refractivity contribution < 1.29 is 18.0 Å². The van der Waals surface area contributed by atoms with Crippen LogP contribution in [-0.2, 0) is 11.0 Å². The number of halogens is 3. The normalized spacial score (nSPS) is 13.6. The van der Waals surface area contributed by atoms with E-state index in [4.69, 9.17) is 0 Å². The van der Waals surface area contributed by atoms with Crippen LogP contribution in [0, 0.1) is 0 Å². The first-order valence-electron chi connectivity index (χ1n) is 4.90. The number of nitrogens with zero attached hydrogens (tertiary/aromatic N) is 1. The van der Waals surface area contributed by atoms with Gasteiger partial charge >= 0.3 is 6.18 Å². The average molecular weight is 231 g/mol. The molecule has 0 saturated heterocycles. The van der Waals surface area contributed by atoms with Crippen molar-refractivity contribution in [2.24, 2.45) is 0 Å². The summed E-state index contributed by atoms with van der Waals surface area (Å²) in [6.45, 7) is 2.95. The van der Waals surface area contributed by atoms with Crippen LogP contribution in [0.3, 0.4) is 0 Å². The molecule has 1 unspecified atom stereocenters. The minimum Gasteiger partial charge on any atom is -0.299 e. The number of rotatable bonds is 3. The fourth-order valence-electron chi connectivity index (χ4n) is 1.61. The molecule has 0 aliphatic heterocycles. The monoisotopic (exact) mass is 231 g/mol. The molecule has 2 nitrogen and oxygen atoms in total. The van der Waals surface area contributed by atoms with E-state index in [0.29, 0.717) is 6.42 Å². The highest BCUT2D eigenvalue weighted by Gasteiger charge is 2.36. The molecule has 16 heavy (non-hydrogen) atoms. The Kier molecular flexibility index (Phi) is 3.67. The maximum absolute atomic E-state index is 12.7. The molecule has 0 aliphatic carbocycles. The van der Waals surface area contributed by atoms with Crippen molar-refractivity contribution in [3.05, 3.63) is 29.6 Å². The minimum absolute atomic E-state index is 0.176. The zero-order chi connectivity index (χ0) is 12.3. The molecule has 88 valence electrons. The summed E-state index contributed by atoms with van der Waals surface area (Å²) in [6, 6.07) is 2.17.